The molecule has 1 atom stereocenters. The SMILES string of the molecule is Cc1cc(C)c(C(=O)N[C@H](CC(C)C)c2nnc3ccccn23)c(=O)[nH]1. The van der Waals surface area contributed by atoms with Crippen molar-refractivity contribution in [3.63, 3.8) is 0 Å². The van der Waals surface area contributed by atoms with Gasteiger partial charge in [-0.1, -0.05) is 19.9 Å². The number of rotatable bonds is 5. The van der Waals surface area contributed by atoms with E-state index in [1.54, 1.807) is 19.9 Å². The quantitative estimate of drug-likeness (QED) is 0.737. The number of hydrogen-bond donors (Lipinski definition) is 2. The lowest BCUT2D eigenvalue weighted by Crippen LogP contribution is -2.35. The van der Waals surface area contributed by atoms with Gasteiger partial charge >= 0.3 is 0 Å². The molecule has 0 aliphatic carbocycles. The van der Waals surface area contributed by atoms with Crippen LogP contribution in [0.2, 0.25) is 0 Å². The van der Waals surface area contributed by atoms with E-state index in [-0.39, 0.29) is 17.2 Å². The maximum Gasteiger partial charge on any atom is 0.261 e. The molecule has 136 valence electrons. The van der Waals surface area contributed by atoms with Gasteiger partial charge in [-0.15, -0.1) is 10.2 Å². The minimum Gasteiger partial charge on any atom is -0.342 e. The minimum absolute atomic E-state index is 0.137. The predicted octanol–water partition coefficient (Wildman–Crippen LogP) is 2.55. The number of nitrogens with zero attached hydrogens (tertiary/aromatic N) is 3. The molecule has 26 heavy (non-hydrogen) atoms. The number of H-pyrrole nitrogens is 1. The molecule has 0 spiro atoms. The molecule has 0 saturated heterocycles. The fourth-order valence-corrected chi connectivity index (χ4v) is 3.16. The second kappa shape index (κ2) is 7.11. The van der Waals surface area contributed by atoms with Crippen molar-refractivity contribution in [3.05, 3.63) is 63.5 Å². The summed E-state index contributed by atoms with van der Waals surface area (Å²) in [5.41, 5.74) is 1.85. The Morgan fingerprint density at radius 2 is 2.04 bits per heavy atom. The normalized spacial score (nSPS) is 12.5. The second-order valence-corrected chi connectivity index (χ2v) is 6.98. The number of nitrogens with one attached hydrogen (secondary N) is 2. The van der Waals surface area contributed by atoms with Crippen molar-refractivity contribution in [2.45, 2.75) is 40.2 Å². The zero-order valence-corrected chi connectivity index (χ0v) is 15.4. The van der Waals surface area contributed by atoms with Gasteiger partial charge in [-0.3, -0.25) is 14.0 Å². The Kier molecular flexibility index (Phi) is 4.88. The summed E-state index contributed by atoms with van der Waals surface area (Å²) >= 11 is 0. The zero-order valence-electron chi connectivity index (χ0n) is 15.4. The van der Waals surface area contributed by atoms with Crippen LogP contribution in [0.1, 0.15) is 53.7 Å². The first kappa shape index (κ1) is 17.8. The molecule has 0 aromatic carbocycles. The zero-order chi connectivity index (χ0) is 18.8. The summed E-state index contributed by atoms with van der Waals surface area (Å²) < 4.78 is 1.86. The van der Waals surface area contributed by atoms with E-state index < -0.39 is 5.91 Å². The molecule has 3 aromatic rings. The van der Waals surface area contributed by atoms with Gasteiger partial charge < -0.3 is 10.3 Å². The molecule has 3 rings (SSSR count). The van der Waals surface area contributed by atoms with E-state index in [9.17, 15) is 9.59 Å². The van der Waals surface area contributed by atoms with Gasteiger partial charge in [0.05, 0.1) is 6.04 Å². The van der Waals surface area contributed by atoms with Gasteiger partial charge in [0, 0.05) is 11.9 Å². The van der Waals surface area contributed by atoms with Crippen molar-refractivity contribution >= 4 is 11.6 Å². The summed E-state index contributed by atoms with van der Waals surface area (Å²) in [7, 11) is 0. The smallest absolute Gasteiger partial charge is 0.261 e. The van der Waals surface area contributed by atoms with Crippen molar-refractivity contribution in [1.82, 2.24) is 24.9 Å². The monoisotopic (exact) mass is 353 g/mol. The van der Waals surface area contributed by atoms with E-state index in [1.165, 1.54) is 0 Å². The van der Waals surface area contributed by atoms with Gasteiger partial charge in [-0.25, -0.2) is 0 Å². The standard InChI is InChI=1S/C19H23N5O2/c1-11(2)9-14(17-23-22-15-7-5-6-8-24(15)17)21-19(26)16-12(3)10-13(4)20-18(16)25/h5-8,10-11,14H,9H2,1-4H3,(H,20,25)(H,21,26)/t14-/m1/s1. The lowest BCUT2D eigenvalue weighted by molar-refractivity contribution is 0.0927. The van der Waals surface area contributed by atoms with E-state index in [1.807, 2.05) is 28.8 Å². The molecule has 0 aliphatic heterocycles. The van der Waals surface area contributed by atoms with Gasteiger partial charge in [0.2, 0.25) is 0 Å². The Balaban J connectivity index is 1.97. The molecule has 3 heterocycles. The van der Waals surface area contributed by atoms with E-state index in [4.69, 9.17) is 0 Å². The number of amides is 1. The summed E-state index contributed by atoms with van der Waals surface area (Å²) in [5.74, 6) is 0.583. The van der Waals surface area contributed by atoms with Crippen molar-refractivity contribution in [3.8, 4) is 0 Å². The summed E-state index contributed by atoms with van der Waals surface area (Å²) in [6.07, 6.45) is 2.55. The number of aryl methyl sites for hydroxylation is 2. The van der Waals surface area contributed by atoms with E-state index in [0.717, 1.165) is 11.3 Å². The highest BCUT2D eigenvalue weighted by molar-refractivity contribution is 5.95. The number of fused-ring (bicyclic) bond motifs is 1. The largest absolute Gasteiger partial charge is 0.342 e. The van der Waals surface area contributed by atoms with Crippen LogP contribution in [0.25, 0.3) is 5.65 Å². The van der Waals surface area contributed by atoms with Crippen LogP contribution in [-0.4, -0.2) is 25.5 Å². The van der Waals surface area contributed by atoms with Gasteiger partial charge in [0.25, 0.3) is 11.5 Å². The Morgan fingerprint density at radius 1 is 1.27 bits per heavy atom. The van der Waals surface area contributed by atoms with Gasteiger partial charge in [0.1, 0.15) is 5.56 Å². The minimum atomic E-state index is -0.401. The summed E-state index contributed by atoms with van der Waals surface area (Å²) in [6, 6.07) is 7.09. The highest BCUT2D eigenvalue weighted by Gasteiger charge is 2.24. The van der Waals surface area contributed by atoms with E-state index >= 15 is 0 Å². The fourth-order valence-electron chi connectivity index (χ4n) is 3.16. The molecule has 3 aromatic heterocycles. The van der Waals surface area contributed by atoms with Gasteiger partial charge in [0.15, 0.2) is 11.5 Å². The molecule has 0 aliphatic rings. The fraction of sp³-hybridized carbons (Fsp3) is 0.368. The number of carbonyl (C=O) groups excluding carboxylic acids is 1. The summed E-state index contributed by atoms with van der Waals surface area (Å²) in [6.45, 7) is 7.71. The molecular weight excluding hydrogens is 330 g/mol. The van der Waals surface area contributed by atoms with Crippen molar-refractivity contribution in [2.24, 2.45) is 5.92 Å². The number of aromatic nitrogens is 4. The molecule has 0 unspecified atom stereocenters. The van der Waals surface area contributed by atoms with E-state index in [2.05, 4.69) is 34.3 Å². The molecule has 7 heteroatoms. The molecule has 2 N–H and O–H groups in total. The lowest BCUT2D eigenvalue weighted by Gasteiger charge is -2.19. The third-order valence-electron chi connectivity index (χ3n) is 4.26. The Labute approximate surface area is 151 Å². The van der Waals surface area contributed by atoms with Crippen LogP contribution >= 0.6 is 0 Å². The van der Waals surface area contributed by atoms with Crippen LogP contribution in [0.5, 0.6) is 0 Å². The molecule has 0 bridgehead atoms. The van der Waals surface area contributed by atoms with Gasteiger partial charge in [-0.05, 0) is 49.9 Å². The summed E-state index contributed by atoms with van der Waals surface area (Å²) in [5, 5.41) is 11.4. The van der Waals surface area contributed by atoms with Crippen LogP contribution in [0.4, 0.5) is 0 Å². The second-order valence-electron chi connectivity index (χ2n) is 6.98. The van der Waals surface area contributed by atoms with E-state index in [0.29, 0.717) is 23.7 Å². The number of aromatic amines is 1. The first-order chi connectivity index (χ1) is 12.4. The van der Waals surface area contributed by atoms with Crippen LogP contribution in [0, 0.1) is 19.8 Å². The third kappa shape index (κ3) is 3.51. The first-order valence-corrected chi connectivity index (χ1v) is 8.68. The molecular formula is C19H23N5O2. The van der Waals surface area contributed by atoms with Crippen LogP contribution < -0.4 is 10.9 Å². The van der Waals surface area contributed by atoms with Crippen molar-refractivity contribution < 1.29 is 4.79 Å². The maximum absolute atomic E-state index is 12.8. The molecule has 0 saturated carbocycles. The highest BCUT2D eigenvalue weighted by atomic mass is 16.2. The van der Waals surface area contributed by atoms with Crippen LogP contribution in [-0.2, 0) is 0 Å². The average Bonchev–Trinajstić information content (AvgIpc) is 2.96. The van der Waals surface area contributed by atoms with Crippen LogP contribution in [0.15, 0.2) is 35.3 Å². The molecule has 0 fully saturated rings. The Morgan fingerprint density at radius 3 is 2.73 bits per heavy atom. The molecule has 7 nitrogen and oxygen atoms in total. The highest BCUT2D eigenvalue weighted by Crippen LogP contribution is 2.21. The third-order valence-corrected chi connectivity index (χ3v) is 4.26. The first-order valence-electron chi connectivity index (χ1n) is 8.68. The van der Waals surface area contributed by atoms with Gasteiger partial charge in [-0.2, -0.15) is 0 Å². The van der Waals surface area contributed by atoms with Crippen LogP contribution in [0.3, 0.4) is 0 Å². The number of hydrogen-bond acceptors (Lipinski definition) is 4. The average molecular weight is 353 g/mol. The summed E-state index contributed by atoms with van der Waals surface area (Å²) in [4.78, 5) is 27.8. The molecule has 0 radical (unpaired) electrons. The lowest BCUT2D eigenvalue weighted by atomic mass is 10.0. The number of pyridine rings is 2. The predicted molar refractivity (Wildman–Crippen MR) is 99.2 cm³/mol. The van der Waals surface area contributed by atoms with Crippen molar-refractivity contribution in [1.29, 1.82) is 0 Å². The Hall–Kier alpha value is -2.96. The number of carbonyl (C=O) groups is 1. The van der Waals surface area contributed by atoms with Crippen molar-refractivity contribution in [2.75, 3.05) is 0 Å². The Bertz CT molecular complexity index is 1000. The maximum atomic E-state index is 12.8. The topological polar surface area (TPSA) is 92.2 Å². The molecule has 1 amide bonds.